The van der Waals surface area contributed by atoms with Gasteiger partial charge in [0.25, 0.3) is 0 Å². The molecule has 1 aromatic heterocycles. The van der Waals surface area contributed by atoms with E-state index in [-0.39, 0.29) is 0 Å². The topological polar surface area (TPSA) is 42.2 Å². The number of nitrogens with zero attached hydrogens (tertiary/aromatic N) is 2. The fourth-order valence-electron chi connectivity index (χ4n) is 2.15. The lowest BCUT2D eigenvalue weighted by Crippen LogP contribution is -2.22. The van der Waals surface area contributed by atoms with E-state index in [2.05, 4.69) is 53.2 Å². The second-order valence-corrected chi connectivity index (χ2v) is 4.66. The smallest absolute Gasteiger partial charge is 0.0602 e. The molecule has 2 rings (SSSR count). The number of hydrogen-bond donors (Lipinski definition) is 1. The van der Waals surface area contributed by atoms with Crippen molar-refractivity contribution in [3.8, 4) is 0 Å². The number of rotatable bonds is 5. The molecular weight excluding hydrogens is 234 g/mol. The molecule has 1 heterocycles. The van der Waals surface area contributed by atoms with Crippen molar-refractivity contribution in [1.29, 1.82) is 0 Å². The SMILES string of the molecule is CCN(Cc1cccc(C)n1)c1cccc(CN)c1. The molecule has 2 aromatic rings. The monoisotopic (exact) mass is 255 g/mol. The standard InChI is InChI=1S/C16H21N3/c1-3-19(12-15-8-4-6-13(2)18-15)16-9-5-7-14(10-16)11-17/h4-10H,3,11-12,17H2,1-2H3. The molecule has 0 fully saturated rings. The van der Waals surface area contributed by atoms with E-state index >= 15 is 0 Å². The minimum absolute atomic E-state index is 0.577. The molecule has 0 aliphatic heterocycles. The van der Waals surface area contributed by atoms with Crippen LogP contribution >= 0.6 is 0 Å². The van der Waals surface area contributed by atoms with Crippen LogP contribution in [-0.4, -0.2) is 11.5 Å². The Morgan fingerprint density at radius 2 is 1.95 bits per heavy atom. The van der Waals surface area contributed by atoms with Gasteiger partial charge in [-0.15, -0.1) is 0 Å². The summed E-state index contributed by atoms with van der Waals surface area (Å²) in [6, 6.07) is 14.5. The quantitative estimate of drug-likeness (QED) is 0.893. The van der Waals surface area contributed by atoms with Crippen LogP contribution in [0.5, 0.6) is 0 Å². The molecule has 3 nitrogen and oxygen atoms in total. The van der Waals surface area contributed by atoms with E-state index in [1.54, 1.807) is 0 Å². The Balaban J connectivity index is 2.19. The Morgan fingerprint density at radius 3 is 2.63 bits per heavy atom. The predicted octanol–water partition coefficient (Wildman–Crippen LogP) is 2.88. The zero-order valence-corrected chi connectivity index (χ0v) is 11.6. The molecular formula is C16H21N3. The number of aryl methyl sites for hydroxylation is 1. The van der Waals surface area contributed by atoms with Crippen molar-refractivity contribution in [2.45, 2.75) is 26.9 Å². The van der Waals surface area contributed by atoms with Crippen LogP contribution in [0.25, 0.3) is 0 Å². The second kappa shape index (κ2) is 6.34. The van der Waals surface area contributed by atoms with Gasteiger partial charge in [0.05, 0.1) is 12.2 Å². The summed E-state index contributed by atoms with van der Waals surface area (Å²) in [5.41, 5.74) is 10.2. The van der Waals surface area contributed by atoms with Gasteiger partial charge in [0.15, 0.2) is 0 Å². The minimum Gasteiger partial charge on any atom is -0.366 e. The molecule has 0 bridgehead atoms. The summed E-state index contributed by atoms with van der Waals surface area (Å²) >= 11 is 0. The first-order valence-corrected chi connectivity index (χ1v) is 6.69. The Morgan fingerprint density at radius 1 is 1.16 bits per heavy atom. The molecule has 0 spiro atoms. The van der Waals surface area contributed by atoms with Gasteiger partial charge in [-0.1, -0.05) is 18.2 Å². The van der Waals surface area contributed by atoms with E-state index in [9.17, 15) is 0 Å². The predicted molar refractivity (Wildman–Crippen MR) is 80.0 cm³/mol. The summed E-state index contributed by atoms with van der Waals surface area (Å²) in [7, 11) is 0. The lowest BCUT2D eigenvalue weighted by Gasteiger charge is -2.23. The maximum absolute atomic E-state index is 5.70. The first-order valence-electron chi connectivity index (χ1n) is 6.69. The highest BCUT2D eigenvalue weighted by Gasteiger charge is 2.06. The van der Waals surface area contributed by atoms with E-state index < -0.39 is 0 Å². The van der Waals surface area contributed by atoms with Gasteiger partial charge in [-0.3, -0.25) is 4.98 Å². The third-order valence-electron chi connectivity index (χ3n) is 3.19. The van der Waals surface area contributed by atoms with Gasteiger partial charge < -0.3 is 10.6 Å². The van der Waals surface area contributed by atoms with Crippen molar-refractivity contribution in [3.63, 3.8) is 0 Å². The van der Waals surface area contributed by atoms with Crippen molar-refractivity contribution in [2.75, 3.05) is 11.4 Å². The molecule has 0 aliphatic carbocycles. The van der Waals surface area contributed by atoms with E-state index in [1.807, 2.05) is 13.0 Å². The minimum atomic E-state index is 0.577. The Kier molecular flexibility index (Phi) is 4.53. The molecule has 0 unspecified atom stereocenters. The number of benzene rings is 1. The van der Waals surface area contributed by atoms with Gasteiger partial charge in [0, 0.05) is 24.5 Å². The van der Waals surface area contributed by atoms with Crippen molar-refractivity contribution >= 4 is 5.69 Å². The number of anilines is 1. The lowest BCUT2D eigenvalue weighted by atomic mass is 10.2. The molecule has 3 heteroatoms. The highest BCUT2D eigenvalue weighted by atomic mass is 15.1. The lowest BCUT2D eigenvalue weighted by molar-refractivity contribution is 0.804. The molecule has 2 N–H and O–H groups in total. The van der Waals surface area contributed by atoms with Gasteiger partial charge in [0.1, 0.15) is 0 Å². The van der Waals surface area contributed by atoms with Gasteiger partial charge in [-0.05, 0) is 43.7 Å². The van der Waals surface area contributed by atoms with Crippen LogP contribution in [0.15, 0.2) is 42.5 Å². The van der Waals surface area contributed by atoms with Crippen molar-refractivity contribution in [2.24, 2.45) is 5.73 Å². The van der Waals surface area contributed by atoms with Crippen LogP contribution in [-0.2, 0) is 13.1 Å². The summed E-state index contributed by atoms with van der Waals surface area (Å²) in [5.74, 6) is 0. The van der Waals surface area contributed by atoms with Gasteiger partial charge in [-0.25, -0.2) is 0 Å². The third kappa shape index (κ3) is 3.55. The zero-order chi connectivity index (χ0) is 13.7. The first kappa shape index (κ1) is 13.6. The van der Waals surface area contributed by atoms with Crippen LogP contribution in [0.4, 0.5) is 5.69 Å². The summed E-state index contributed by atoms with van der Waals surface area (Å²) < 4.78 is 0. The summed E-state index contributed by atoms with van der Waals surface area (Å²) in [6.07, 6.45) is 0. The average Bonchev–Trinajstić information content (AvgIpc) is 2.45. The largest absolute Gasteiger partial charge is 0.366 e. The third-order valence-corrected chi connectivity index (χ3v) is 3.19. The summed E-state index contributed by atoms with van der Waals surface area (Å²) in [4.78, 5) is 6.87. The van der Waals surface area contributed by atoms with Gasteiger partial charge in [-0.2, -0.15) is 0 Å². The fourth-order valence-corrected chi connectivity index (χ4v) is 2.15. The average molecular weight is 255 g/mol. The molecule has 1 aromatic carbocycles. The molecule has 0 saturated heterocycles. The van der Waals surface area contributed by atoms with Gasteiger partial charge in [0.2, 0.25) is 0 Å². The molecule has 0 atom stereocenters. The number of hydrogen-bond acceptors (Lipinski definition) is 3. The highest BCUT2D eigenvalue weighted by molar-refractivity contribution is 5.48. The van der Waals surface area contributed by atoms with E-state index in [0.29, 0.717) is 6.54 Å². The van der Waals surface area contributed by atoms with E-state index in [1.165, 1.54) is 5.69 Å². The maximum Gasteiger partial charge on any atom is 0.0602 e. The van der Waals surface area contributed by atoms with Crippen molar-refractivity contribution in [1.82, 2.24) is 4.98 Å². The van der Waals surface area contributed by atoms with Crippen LogP contribution in [0.2, 0.25) is 0 Å². The molecule has 0 aliphatic rings. The van der Waals surface area contributed by atoms with Crippen LogP contribution in [0.1, 0.15) is 23.9 Å². The van der Waals surface area contributed by atoms with Crippen molar-refractivity contribution < 1.29 is 0 Å². The van der Waals surface area contributed by atoms with Gasteiger partial charge >= 0.3 is 0 Å². The second-order valence-electron chi connectivity index (χ2n) is 4.66. The van der Waals surface area contributed by atoms with Crippen LogP contribution < -0.4 is 10.6 Å². The molecule has 0 amide bonds. The van der Waals surface area contributed by atoms with E-state index in [4.69, 9.17) is 5.73 Å². The van der Waals surface area contributed by atoms with E-state index in [0.717, 1.165) is 30.0 Å². The van der Waals surface area contributed by atoms with Crippen molar-refractivity contribution in [3.05, 3.63) is 59.4 Å². The Hall–Kier alpha value is -1.87. The number of nitrogens with two attached hydrogens (primary N) is 1. The Bertz CT molecular complexity index is 537. The number of aromatic nitrogens is 1. The first-order chi connectivity index (χ1) is 9.22. The maximum atomic E-state index is 5.70. The zero-order valence-electron chi connectivity index (χ0n) is 11.6. The normalized spacial score (nSPS) is 10.5. The molecule has 0 radical (unpaired) electrons. The molecule has 100 valence electrons. The molecule has 0 saturated carbocycles. The van der Waals surface area contributed by atoms with Crippen LogP contribution in [0, 0.1) is 6.92 Å². The molecule has 19 heavy (non-hydrogen) atoms. The summed E-state index contributed by atoms with van der Waals surface area (Å²) in [6.45, 7) is 6.53. The summed E-state index contributed by atoms with van der Waals surface area (Å²) in [5, 5.41) is 0. The Labute approximate surface area is 115 Å². The highest BCUT2D eigenvalue weighted by Crippen LogP contribution is 2.18. The fraction of sp³-hybridized carbons (Fsp3) is 0.312. The van der Waals surface area contributed by atoms with Crippen LogP contribution in [0.3, 0.4) is 0 Å². The number of pyridine rings is 1.